The molecule has 0 spiro atoms. The van der Waals surface area contributed by atoms with E-state index in [1.54, 1.807) is 12.1 Å². The molecule has 1 unspecified atom stereocenters. The molecule has 1 aliphatic carbocycles. The van der Waals surface area contributed by atoms with Crippen molar-refractivity contribution < 1.29 is 14.2 Å². The second-order valence-electron chi connectivity index (χ2n) is 8.03. The van der Waals surface area contributed by atoms with Crippen molar-refractivity contribution in [3.63, 3.8) is 0 Å². The van der Waals surface area contributed by atoms with E-state index in [-0.39, 0.29) is 42.9 Å². The lowest BCUT2D eigenvalue weighted by Gasteiger charge is -2.36. The Kier molecular flexibility index (Phi) is 11.2. The van der Waals surface area contributed by atoms with Crippen molar-refractivity contribution in [3.05, 3.63) is 30.1 Å². The Morgan fingerprint density at radius 3 is 2.50 bits per heavy atom. The maximum absolute atomic E-state index is 12.9. The third-order valence-electron chi connectivity index (χ3n) is 5.77. The van der Waals surface area contributed by atoms with Gasteiger partial charge in [-0.1, -0.05) is 12.8 Å². The summed E-state index contributed by atoms with van der Waals surface area (Å²) in [4.78, 5) is 7.18. The summed E-state index contributed by atoms with van der Waals surface area (Å²) in [5.74, 6) is 0.971. The normalized spacial score (nSPS) is 19.9. The third-order valence-corrected chi connectivity index (χ3v) is 5.77. The second-order valence-corrected chi connectivity index (χ2v) is 8.03. The Bertz CT molecular complexity index is 633. The van der Waals surface area contributed by atoms with Gasteiger partial charge in [-0.15, -0.1) is 24.0 Å². The molecule has 2 aliphatic rings. The molecule has 0 amide bonds. The van der Waals surface area contributed by atoms with Gasteiger partial charge in [0.1, 0.15) is 24.3 Å². The molecule has 1 heterocycles. The van der Waals surface area contributed by atoms with Crippen LogP contribution in [0.1, 0.15) is 45.4 Å². The summed E-state index contributed by atoms with van der Waals surface area (Å²) in [6.45, 7) is 5.47. The van der Waals surface area contributed by atoms with Crippen LogP contribution >= 0.6 is 24.0 Å². The summed E-state index contributed by atoms with van der Waals surface area (Å²) < 4.78 is 18.4. The Labute approximate surface area is 196 Å². The highest BCUT2D eigenvalue weighted by atomic mass is 127. The number of hydrogen-bond acceptors (Lipinski definition) is 4. The van der Waals surface area contributed by atoms with Crippen molar-refractivity contribution in [1.29, 1.82) is 0 Å². The fourth-order valence-corrected chi connectivity index (χ4v) is 4.16. The fraction of sp³-hybridized carbons (Fsp3) is 0.682. The van der Waals surface area contributed by atoms with Gasteiger partial charge >= 0.3 is 0 Å². The Morgan fingerprint density at radius 2 is 1.87 bits per heavy atom. The number of nitrogens with one attached hydrogen (secondary N) is 2. The van der Waals surface area contributed by atoms with E-state index in [0.717, 1.165) is 44.5 Å². The molecule has 3 N–H and O–H groups in total. The first kappa shape index (κ1) is 25.1. The summed E-state index contributed by atoms with van der Waals surface area (Å²) in [6.07, 6.45) is 7.01. The van der Waals surface area contributed by atoms with Crippen LogP contribution < -0.4 is 15.4 Å². The van der Waals surface area contributed by atoms with Gasteiger partial charge in [-0.05, 0) is 56.9 Å². The monoisotopic (exact) mass is 534 g/mol. The molecule has 8 heteroatoms. The molecule has 2 fully saturated rings. The Hall–Kier alpha value is -1.13. The molecule has 3 rings (SSSR count). The van der Waals surface area contributed by atoms with E-state index in [1.165, 1.54) is 37.8 Å². The summed E-state index contributed by atoms with van der Waals surface area (Å²) in [5, 5.41) is 17.0. The van der Waals surface area contributed by atoms with Crippen molar-refractivity contribution in [2.45, 2.75) is 63.6 Å². The lowest BCUT2D eigenvalue weighted by atomic mass is 10.0. The number of rotatable bonds is 8. The Balaban J connectivity index is 0.00000320. The smallest absolute Gasteiger partial charge is 0.191 e. The van der Waals surface area contributed by atoms with Crippen molar-refractivity contribution >= 4 is 29.9 Å². The zero-order chi connectivity index (χ0) is 20.5. The fourth-order valence-electron chi connectivity index (χ4n) is 4.16. The van der Waals surface area contributed by atoms with Crippen LogP contribution in [0, 0.1) is 5.82 Å². The van der Waals surface area contributed by atoms with Crippen LogP contribution in [0.5, 0.6) is 5.75 Å². The lowest BCUT2D eigenvalue weighted by Crippen LogP contribution is -2.50. The van der Waals surface area contributed by atoms with Crippen LogP contribution in [0.25, 0.3) is 0 Å². The first-order chi connectivity index (χ1) is 14.1. The van der Waals surface area contributed by atoms with E-state index in [0.29, 0.717) is 11.8 Å². The van der Waals surface area contributed by atoms with Crippen LogP contribution in [-0.4, -0.2) is 66.9 Å². The minimum Gasteiger partial charge on any atom is -0.491 e. The summed E-state index contributed by atoms with van der Waals surface area (Å²) in [5.41, 5.74) is 0. The largest absolute Gasteiger partial charge is 0.491 e. The number of aliphatic hydroxyl groups excluding tert-OH is 1. The van der Waals surface area contributed by atoms with Gasteiger partial charge in [-0.3, -0.25) is 4.99 Å². The predicted octanol–water partition coefficient (Wildman–Crippen LogP) is 3.15. The molecule has 6 nitrogen and oxygen atoms in total. The molecule has 0 radical (unpaired) electrons. The van der Waals surface area contributed by atoms with E-state index < -0.39 is 6.10 Å². The topological polar surface area (TPSA) is 69.1 Å². The first-order valence-electron chi connectivity index (χ1n) is 11.0. The van der Waals surface area contributed by atoms with Gasteiger partial charge in [0.25, 0.3) is 0 Å². The number of aliphatic imine (C=N–C) groups is 1. The van der Waals surface area contributed by atoms with Crippen molar-refractivity contribution in [2.75, 3.05) is 32.8 Å². The number of halogens is 2. The highest BCUT2D eigenvalue weighted by molar-refractivity contribution is 14.0. The third kappa shape index (κ3) is 8.19. The van der Waals surface area contributed by atoms with Crippen LogP contribution in [-0.2, 0) is 0 Å². The van der Waals surface area contributed by atoms with Crippen LogP contribution in [0.4, 0.5) is 4.39 Å². The van der Waals surface area contributed by atoms with Gasteiger partial charge in [-0.2, -0.15) is 0 Å². The summed E-state index contributed by atoms with van der Waals surface area (Å²) in [6, 6.07) is 6.99. The van der Waals surface area contributed by atoms with Gasteiger partial charge in [0.05, 0.1) is 6.54 Å². The molecule has 1 aromatic rings. The van der Waals surface area contributed by atoms with E-state index in [1.807, 2.05) is 6.92 Å². The van der Waals surface area contributed by atoms with Crippen molar-refractivity contribution in [2.24, 2.45) is 4.99 Å². The summed E-state index contributed by atoms with van der Waals surface area (Å²) in [7, 11) is 0. The maximum Gasteiger partial charge on any atom is 0.191 e. The first-order valence-corrected chi connectivity index (χ1v) is 11.0. The molecule has 1 saturated heterocycles. The predicted molar refractivity (Wildman–Crippen MR) is 129 cm³/mol. The van der Waals surface area contributed by atoms with E-state index in [9.17, 15) is 9.50 Å². The minimum absolute atomic E-state index is 0. The highest BCUT2D eigenvalue weighted by Gasteiger charge is 2.27. The second kappa shape index (κ2) is 13.3. The van der Waals surface area contributed by atoms with Gasteiger partial charge in [0, 0.05) is 31.7 Å². The number of piperidine rings is 1. The van der Waals surface area contributed by atoms with Gasteiger partial charge in [0.15, 0.2) is 5.96 Å². The van der Waals surface area contributed by atoms with Gasteiger partial charge in [-0.25, -0.2) is 4.39 Å². The van der Waals surface area contributed by atoms with Crippen molar-refractivity contribution in [3.8, 4) is 5.75 Å². The van der Waals surface area contributed by atoms with Gasteiger partial charge < -0.3 is 25.4 Å². The number of likely N-dealkylation sites (tertiary alicyclic amines) is 1. The lowest BCUT2D eigenvalue weighted by molar-refractivity contribution is 0.114. The molecule has 1 aliphatic heterocycles. The number of ether oxygens (including phenoxy) is 1. The standard InChI is InChI=1S/C22H35FN4O2.HI/c1-2-24-22(25-15-20(28)16-29-21-9-7-17(23)8-10-21)26-18-11-13-27(14-12-18)19-5-3-4-6-19;/h7-10,18-20,28H,2-6,11-16H2,1H3,(H2,24,25,26);1H. The number of aliphatic hydroxyl groups is 1. The highest BCUT2D eigenvalue weighted by Crippen LogP contribution is 2.26. The maximum atomic E-state index is 12.9. The van der Waals surface area contributed by atoms with Crippen LogP contribution in [0.15, 0.2) is 29.3 Å². The molecule has 30 heavy (non-hydrogen) atoms. The zero-order valence-corrected chi connectivity index (χ0v) is 20.2. The summed E-state index contributed by atoms with van der Waals surface area (Å²) >= 11 is 0. The molecular weight excluding hydrogens is 498 g/mol. The molecule has 1 aromatic carbocycles. The Morgan fingerprint density at radius 1 is 1.20 bits per heavy atom. The average Bonchev–Trinajstić information content (AvgIpc) is 3.27. The SMILES string of the molecule is CCNC(=NCC(O)COc1ccc(F)cc1)NC1CCN(C2CCCC2)CC1.I. The average molecular weight is 534 g/mol. The minimum atomic E-state index is -0.722. The van der Waals surface area contributed by atoms with E-state index >= 15 is 0 Å². The zero-order valence-electron chi connectivity index (χ0n) is 17.9. The molecular formula is C22H36FIN4O2. The quantitative estimate of drug-likeness (QED) is 0.272. The number of hydrogen-bond donors (Lipinski definition) is 3. The van der Waals surface area contributed by atoms with E-state index in [2.05, 4.69) is 20.5 Å². The molecule has 1 atom stereocenters. The van der Waals surface area contributed by atoms with Gasteiger partial charge in [0.2, 0.25) is 0 Å². The molecule has 0 bridgehead atoms. The van der Waals surface area contributed by atoms with Crippen molar-refractivity contribution in [1.82, 2.24) is 15.5 Å². The van der Waals surface area contributed by atoms with Crippen LogP contribution in [0.3, 0.4) is 0 Å². The number of guanidine groups is 1. The van der Waals surface area contributed by atoms with Crippen LogP contribution in [0.2, 0.25) is 0 Å². The number of benzene rings is 1. The molecule has 0 aromatic heterocycles. The molecule has 170 valence electrons. The number of nitrogens with zero attached hydrogens (tertiary/aromatic N) is 2. The van der Waals surface area contributed by atoms with E-state index in [4.69, 9.17) is 4.74 Å². The molecule has 1 saturated carbocycles.